The van der Waals surface area contributed by atoms with Crippen LogP contribution < -0.4 is 5.32 Å². The summed E-state index contributed by atoms with van der Waals surface area (Å²) in [6.07, 6.45) is 6.96. The van der Waals surface area contributed by atoms with Crippen molar-refractivity contribution in [2.24, 2.45) is 0 Å². The fourth-order valence-corrected chi connectivity index (χ4v) is 4.41. The highest BCUT2D eigenvalue weighted by atomic mass is 19.4. The molecule has 2 aromatic heterocycles. The van der Waals surface area contributed by atoms with Gasteiger partial charge in [-0.2, -0.15) is 13.2 Å². The van der Waals surface area contributed by atoms with E-state index in [1.807, 2.05) is 43.5 Å². The van der Waals surface area contributed by atoms with Crippen LogP contribution in [0.4, 0.5) is 18.9 Å². The number of carbonyl (C=O) groups is 1. The van der Waals surface area contributed by atoms with Gasteiger partial charge in [-0.1, -0.05) is 25.5 Å². The van der Waals surface area contributed by atoms with Crippen LogP contribution in [0, 0.1) is 6.92 Å². The second-order valence-electron chi connectivity index (χ2n) is 9.26. The largest absolute Gasteiger partial charge is 0.416 e. The van der Waals surface area contributed by atoms with Crippen molar-refractivity contribution < 1.29 is 18.0 Å². The SMILES string of the molecule is CCCc1ccc(C(=O)Nc2cc(-n3ccc(C)c3)cc(C(F)(F)F)c2)cc1CCCc1cccnc1. The first-order valence-corrected chi connectivity index (χ1v) is 12.4. The third-order valence-electron chi connectivity index (χ3n) is 6.26. The molecule has 0 aliphatic heterocycles. The van der Waals surface area contributed by atoms with E-state index >= 15 is 0 Å². The molecular formula is C30H30F3N3O. The first-order chi connectivity index (χ1) is 17.7. The van der Waals surface area contributed by atoms with Crippen LogP contribution in [0.25, 0.3) is 5.69 Å². The van der Waals surface area contributed by atoms with E-state index in [2.05, 4.69) is 17.2 Å². The Balaban J connectivity index is 1.56. The topological polar surface area (TPSA) is 46.9 Å². The van der Waals surface area contributed by atoms with Gasteiger partial charge in [-0.05, 0) is 97.3 Å². The zero-order chi connectivity index (χ0) is 26.4. The van der Waals surface area contributed by atoms with Gasteiger partial charge in [0.2, 0.25) is 0 Å². The van der Waals surface area contributed by atoms with Crippen LogP contribution in [0.3, 0.4) is 0 Å². The minimum atomic E-state index is -4.54. The highest BCUT2D eigenvalue weighted by Crippen LogP contribution is 2.33. The number of aromatic nitrogens is 2. The van der Waals surface area contributed by atoms with Crippen molar-refractivity contribution in [3.05, 3.63) is 113 Å². The third-order valence-corrected chi connectivity index (χ3v) is 6.26. The van der Waals surface area contributed by atoms with Crippen LogP contribution in [0.15, 0.2) is 79.4 Å². The van der Waals surface area contributed by atoms with Gasteiger partial charge < -0.3 is 9.88 Å². The lowest BCUT2D eigenvalue weighted by atomic mass is 9.95. The van der Waals surface area contributed by atoms with Gasteiger partial charge in [0.05, 0.1) is 5.56 Å². The lowest BCUT2D eigenvalue weighted by Gasteiger charge is -2.15. The van der Waals surface area contributed by atoms with Gasteiger partial charge in [0.15, 0.2) is 0 Å². The molecule has 2 heterocycles. The number of hydrogen-bond donors (Lipinski definition) is 1. The van der Waals surface area contributed by atoms with E-state index in [1.54, 1.807) is 35.3 Å². The molecule has 4 nitrogen and oxygen atoms in total. The van der Waals surface area contributed by atoms with Gasteiger partial charge in [0.25, 0.3) is 5.91 Å². The maximum absolute atomic E-state index is 13.6. The van der Waals surface area contributed by atoms with Crippen LogP contribution >= 0.6 is 0 Å². The molecule has 0 saturated carbocycles. The number of anilines is 1. The first-order valence-electron chi connectivity index (χ1n) is 12.4. The summed E-state index contributed by atoms with van der Waals surface area (Å²) < 4.78 is 42.5. The molecule has 0 bridgehead atoms. The molecule has 0 fully saturated rings. The lowest BCUT2D eigenvalue weighted by Crippen LogP contribution is -2.15. The van der Waals surface area contributed by atoms with Crippen molar-refractivity contribution in [1.82, 2.24) is 9.55 Å². The average Bonchev–Trinajstić information content (AvgIpc) is 3.31. The highest BCUT2D eigenvalue weighted by molar-refractivity contribution is 6.04. The number of hydrogen-bond acceptors (Lipinski definition) is 2. The number of halogens is 3. The van der Waals surface area contributed by atoms with Gasteiger partial charge >= 0.3 is 6.18 Å². The number of nitrogens with zero attached hydrogens (tertiary/aromatic N) is 2. The van der Waals surface area contributed by atoms with E-state index in [1.165, 1.54) is 5.56 Å². The standard InChI is InChI=1S/C30H30F3N3O/c1-3-6-23-10-11-25(15-24(23)9-4-7-22-8-5-13-34-19-22)29(37)35-27-16-26(30(31,32)33)17-28(18-27)36-14-12-21(2)20-36/h5,8,10-20H,3-4,6-7,9H2,1-2H3,(H,35,37). The normalized spacial score (nSPS) is 11.5. The Morgan fingerprint density at radius 1 is 1.00 bits per heavy atom. The van der Waals surface area contributed by atoms with Crippen LogP contribution in [-0.4, -0.2) is 15.5 Å². The van der Waals surface area contributed by atoms with Crippen molar-refractivity contribution in [2.75, 3.05) is 5.32 Å². The summed E-state index contributed by atoms with van der Waals surface area (Å²) in [7, 11) is 0. The Bertz CT molecular complexity index is 1360. The maximum atomic E-state index is 13.6. The van der Waals surface area contributed by atoms with Gasteiger partial charge in [-0.15, -0.1) is 0 Å². The zero-order valence-electron chi connectivity index (χ0n) is 21.0. The summed E-state index contributed by atoms with van der Waals surface area (Å²) in [5.74, 6) is -0.439. The Hall–Kier alpha value is -3.87. The number of rotatable bonds is 9. The second-order valence-corrected chi connectivity index (χ2v) is 9.26. The van der Waals surface area contributed by atoms with E-state index in [4.69, 9.17) is 0 Å². The van der Waals surface area contributed by atoms with E-state index in [0.717, 1.165) is 60.9 Å². The van der Waals surface area contributed by atoms with Gasteiger partial charge in [0, 0.05) is 41.7 Å². The number of aryl methyl sites for hydroxylation is 4. The van der Waals surface area contributed by atoms with Crippen LogP contribution in [0.2, 0.25) is 0 Å². The molecule has 0 aliphatic rings. The zero-order valence-corrected chi connectivity index (χ0v) is 21.0. The fraction of sp³-hybridized carbons (Fsp3) is 0.267. The molecule has 192 valence electrons. The number of carbonyl (C=O) groups excluding carboxylic acids is 1. The summed E-state index contributed by atoms with van der Waals surface area (Å²) >= 11 is 0. The van der Waals surface area contributed by atoms with Crippen molar-refractivity contribution >= 4 is 11.6 Å². The molecule has 0 saturated heterocycles. The van der Waals surface area contributed by atoms with E-state index < -0.39 is 17.6 Å². The van der Waals surface area contributed by atoms with Gasteiger partial charge in [-0.3, -0.25) is 9.78 Å². The Morgan fingerprint density at radius 2 is 1.84 bits per heavy atom. The van der Waals surface area contributed by atoms with E-state index in [-0.39, 0.29) is 5.69 Å². The van der Waals surface area contributed by atoms with Gasteiger partial charge in [0.1, 0.15) is 0 Å². The minimum absolute atomic E-state index is 0.0944. The molecule has 7 heteroatoms. The summed E-state index contributed by atoms with van der Waals surface area (Å²) in [4.78, 5) is 17.3. The number of amides is 1. The smallest absolute Gasteiger partial charge is 0.324 e. The molecule has 1 amide bonds. The lowest BCUT2D eigenvalue weighted by molar-refractivity contribution is -0.137. The molecule has 0 atom stereocenters. The molecule has 37 heavy (non-hydrogen) atoms. The molecule has 1 N–H and O–H groups in total. The minimum Gasteiger partial charge on any atom is -0.324 e. The number of alkyl halides is 3. The quantitative estimate of drug-likeness (QED) is 0.255. The Labute approximate surface area is 215 Å². The fourth-order valence-electron chi connectivity index (χ4n) is 4.41. The van der Waals surface area contributed by atoms with Gasteiger partial charge in [-0.25, -0.2) is 0 Å². The van der Waals surface area contributed by atoms with Crippen LogP contribution in [0.5, 0.6) is 0 Å². The molecule has 0 radical (unpaired) electrons. The summed E-state index contributed by atoms with van der Waals surface area (Å²) in [6.45, 7) is 3.97. The van der Waals surface area contributed by atoms with Crippen molar-refractivity contribution in [3.63, 3.8) is 0 Å². The molecule has 4 rings (SSSR count). The van der Waals surface area contributed by atoms with Crippen LogP contribution in [-0.2, 0) is 25.4 Å². The monoisotopic (exact) mass is 505 g/mol. The van der Waals surface area contributed by atoms with Crippen molar-refractivity contribution in [1.29, 1.82) is 0 Å². The molecule has 4 aromatic rings. The van der Waals surface area contributed by atoms with Crippen molar-refractivity contribution in [3.8, 4) is 5.69 Å². The second kappa shape index (κ2) is 11.5. The maximum Gasteiger partial charge on any atom is 0.416 e. The molecular weight excluding hydrogens is 475 g/mol. The number of benzene rings is 2. The Kier molecular flexibility index (Phi) is 8.11. The average molecular weight is 506 g/mol. The van der Waals surface area contributed by atoms with Crippen molar-refractivity contribution in [2.45, 2.75) is 52.1 Å². The molecule has 0 spiro atoms. The molecule has 2 aromatic carbocycles. The molecule has 0 aliphatic carbocycles. The number of pyridine rings is 1. The predicted molar refractivity (Wildman–Crippen MR) is 140 cm³/mol. The predicted octanol–water partition coefficient (Wildman–Crippen LogP) is 7.58. The van der Waals surface area contributed by atoms with Crippen LogP contribution in [0.1, 0.15) is 57.9 Å². The summed E-state index contributed by atoms with van der Waals surface area (Å²) in [5.41, 5.74) is 4.39. The third kappa shape index (κ3) is 6.88. The number of nitrogens with one attached hydrogen (secondary N) is 1. The van der Waals surface area contributed by atoms with E-state index in [9.17, 15) is 18.0 Å². The van der Waals surface area contributed by atoms with E-state index in [0.29, 0.717) is 11.3 Å². The summed E-state index contributed by atoms with van der Waals surface area (Å²) in [5, 5.41) is 2.69. The molecule has 0 unspecified atom stereocenters. The highest BCUT2D eigenvalue weighted by Gasteiger charge is 2.31. The summed E-state index contributed by atoms with van der Waals surface area (Å²) in [6, 6.07) is 14.9. The Morgan fingerprint density at radius 3 is 2.51 bits per heavy atom. The first kappa shape index (κ1) is 26.2.